The fourth-order valence-corrected chi connectivity index (χ4v) is 1.80. The first kappa shape index (κ1) is 12.8. The van der Waals surface area contributed by atoms with E-state index in [-0.39, 0.29) is 5.57 Å². The van der Waals surface area contributed by atoms with Gasteiger partial charge in [-0.15, -0.1) is 0 Å². The summed E-state index contributed by atoms with van der Waals surface area (Å²) in [6.07, 6.45) is 0.774. The van der Waals surface area contributed by atoms with Crippen molar-refractivity contribution in [3.63, 3.8) is 0 Å². The summed E-state index contributed by atoms with van der Waals surface area (Å²) >= 11 is 3.39. The Balaban J connectivity index is 3.32. The lowest BCUT2D eigenvalue weighted by Crippen LogP contribution is -2.05. The number of halogens is 1. The molecule has 0 aliphatic heterocycles. The Morgan fingerprint density at radius 1 is 1.38 bits per heavy atom. The van der Waals surface area contributed by atoms with E-state index in [1.54, 1.807) is 6.07 Å². The first-order valence-corrected chi connectivity index (χ1v) is 5.50. The molecule has 0 unspecified atom stereocenters. The lowest BCUT2D eigenvalue weighted by molar-refractivity contribution is -0.133. The van der Waals surface area contributed by atoms with Crippen LogP contribution in [0, 0.1) is 13.8 Å². The number of hydrogen-bond donors (Lipinski definition) is 1. The third-order valence-electron chi connectivity index (χ3n) is 2.33. The van der Waals surface area contributed by atoms with Crippen LogP contribution in [0.15, 0.2) is 22.9 Å². The second-order valence-electron chi connectivity index (χ2n) is 3.45. The molecular weight excluding hydrogens is 272 g/mol. The Labute approximate surface area is 103 Å². The van der Waals surface area contributed by atoms with Gasteiger partial charge in [0.1, 0.15) is 5.57 Å². The molecule has 0 radical (unpaired) electrons. The van der Waals surface area contributed by atoms with Crippen molar-refractivity contribution >= 4 is 27.5 Å². The van der Waals surface area contributed by atoms with Crippen molar-refractivity contribution in [2.24, 2.45) is 0 Å². The highest BCUT2D eigenvalue weighted by Crippen LogP contribution is 2.26. The van der Waals surface area contributed by atoms with E-state index in [2.05, 4.69) is 20.7 Å². The highest BCUT2D eigenvalue weighted by Gasteiger charge is 2.15. The number of esters is 1. The second-order valence-corrected chi connectivity index (χ2v) is 4.31. The van der Waals surface area contributed by atoms with Gasteiger partial charge in [0.25, 0.3) is 0 Å². The lowest BCUT2D eigenvalue weighted by atomic mass is 9.99. The summed E-state index contributed by atoms with van der Waals surface area (Å²) in [6, 6.07) is 3.73. The summed E-state index contributed by atoms with van der Waals surface area (Å²) in [5.74, 6) is -0.554. The summed E-state index contributed by atoms with van der Waals surface area (Å²) in [4.78, 5) is 11.4. The largest absolute Gasteiger partial charge is 0.515 e. The Hall–Kier alpha value is -1.29. The van der Waals surface area contributed by atoms with E-state index >= 15 is 0 Å². The van der Waals surface area contributed by atoms with Crippen molar-refractivity contribution in [3.05, 3.63) is 39.6 Å². The minimum absolute atomic E-state index is 0.153. The first-order chi connectivity index (χ1) is 7.51. The lowest BCUT2D eigenvalue weighted by Gasteiger charge is -2.10. The van der Waals surface area contributed by atoms with E-state index in [1.165, 1.54) is 7.11 Å². The van der Waals surface area contributed by atoms with Gasteiger partial charge in [0.2, 0.25) is 0 Å². The molecule has 0 saturated carbocycles. The van der Waals surface area contributed by atoms with Gasteiger partial charge < -0.3 is 9.84 Å². The molecule has 0 spiro atoms. The van der Waals surface area contributed by atoms with E-state index < -0.39 is 5.97 Å². The van der Waals surface area contributed by atoms with Crippen molar-refractivity contribution in [1.29, 1.82) is 0 Å². The maximum absolute atomic E-state index is 11.4. The number of aliphatic hydroxyl groups excluding tert-OH is 1. The van der Waals surface area contributed by atoms with Crippen molar-refractivity contribution < 1.29 is 14.6 Å². The van der Waals surface area contributed by atoms with Crippen LogP contribution in [0.2, 0.25) is 0 Å². The first-order valence-electron chi connectivity index (χ1n) is 4.71. The van der Waals surface area contributed by atoms with E-state index in [4.69, 9.17) is 5.11 Å². The second kappa shape index (κ2) is 5.16. The average molecular weight is 285 g/mol. The molecule has 0 fully saturated rings. The number of benzene rings is 1. The SMILES string of the molecule is COC(=O)/C(=C/O)c1cc(Br)c(C)cc1C. The summed E-state index contributed by atoms with van der Waals surface area (Å²) in [7, 11) is 1.28. The maximum atomic E-state index is 11.4. The predicted molar refractivity (Wildman–Crippen MR) is 66.2 cm³/mol. The molecule has 1 aromatic carbocycles. The van der Waals surface area contributed by atoms with E-state index in [0.29, 0.717) is 5.56 Å². The number of methoxy groups -OCH3 is 1. The zero-order chi connectivity index (χ0) is 12.3. The third-order valence-corrected chi connectivity index (χ3v) is 3.18. The van der Waals surface area contributed by atoms with Gasteiger partial charge in [-0.25, -0.2) is 4.79 Å². The normalized spacial score (nSPS) is 11.4. The number of ether oxygens (including phenoxy) is 1. The smallest absolute Gasteiger partial charge is 0.341 e. The minimum Gasteiger partial charge on any atom is -0.515 e. The zero-order valence-electron chi connectivity index (χ0n) is 9.37. The summed E-state index contributed by atoms with van der Waals surface area (Å²) in [6.45, 7) is 3.84. The fourth-order valence-electron chi connectivity index (χ4n) is 1.46. The number of carbonyl (C=O) groups is 1. The van der Waals surface area contributed by atoms with Gasteiger partial charge in [0.05, 0.1) is 13.4 Å². The summed E-state index contributed by atoms with van der Waals surface area (Å²) in [5, 5.41) is 9.09. The maximum Gasteiger partial charge on any atom is 0.341 e. The molecule has 0 bridgehead atoms. The van der Waals surface area contributed by atoms with Gasteiger partial charge in [-0.2, -0.15) is 0 Å². The monoisotopic (exact) mass is 284 g/mol. The highest BCUT2D eigenvalue weighted by atomic mass is 79.9. The summed E-state index contributed by atoms with van der Waals surface area (Å²) in [5.41, 5.74) is 2.79. The van der Waals surface area contributed by atoms with Crippen LogP contribution in [0.25, 0.3) is 5.57 Å². The van der Waals surface area contributed by atoms with Crippen LogP contribution >= 0.6 is 15.9 Å². The molecule has 0 aromatic heterocycles. The van der Waals surface area contributed by atoms with Gasteiger partial charge in [-0.3, -0.25) is 0 Å². The van der Waals surface area contributed by atoms with Gasteiger partial charge in [0, 0.05) is 4.47 Å². The number of aliphatic hydroxyl groups is 1. The van der Waals surface area contributed by atoms with Crippen molar-refractivity contribution in [2.75, 3.05) is 7.11 Å². The Bertz CT molecular complexity index is 450. The molecular formula is C12H13BrO3. The van der Waals surface area contributed by atoms with Gasteiger partial charge in [0.15, 0.2) is 0 Å². The highest BCUT2D eigenvalue weighted by molar-refractivity contribution is 9.10. The number of aryl methyl sites for hydroxylation is 2. The molecule has 86 valence electrons. The van der Waals surface area contributed by atoms with Crippen LogP contribution in [-0.2, 0) is 9.53 Å². The number of rotatable bonds is 2. The van der Waals surface area contributed by atoms with Crippen LogP contribution in [0.5, 0.6) is 0 Å². The van der Waals surface area contributed by atoms with Gasteiger partial charge in [-0.1, -0.05) is 22.0 Å². The third kappa shape index (κ3) is 2.44. The van der Waals surface area contributed by atoms with E-state index in [0.717, 1.165) is 21.9 Å². The van der Waals surface area contributed by atoms with Crippen LogP contribution in [0.3, 0.4) is 0 Å². The Kier molecular flexibility index (Phi) is 4.12. The van der Waals surface area contributed by atoms with Crippen LogP contribution < -0.4 is 0 Å². The van der Waals surface area contributed by atoms with Gasteiger partial charge >= 0.3 is 5.97 Å². The Morgan fingerprint density at radius 2 is 2.00 bits per heavy atom. The van der Waals surface area contributed by atoms with E-state index in [1.807, 2.05) is 19.9 Å². The number of carbonyl (C=O) groups excluding carboxylic acids is 1. The van der Waals surface area contributed by atoms with Crippen molar-refractivity contribution in [2.45, 2.75) is 13.8 Å². The minimum atomic E-state index is -0.554. The molecule has 1 aromatic rings. The van der Waals surface area contributed by atoms with E-state index in [9.17, 15) is 4.79 Å². The molecule has 3 nitrogen and oxygen atoms in total. The van der Waals surface area contributed by atoms with Crippen molar-refractivity contribution in [1.82, 2.24) is 0 Å². The van der Waals surface area contributed by atoms with Crippen LogP contribution in [0.1, 0.15) is 16.7 Å². The molecule has 0 atom stereocenters. The molecule has 1 N–H and O–H groups in total. The molecule has 0 heterocycles. The molecule has 0 saturated heterocycles. The topological polar surface area (TPSA) is 46.5 Å². The number of hydrogen-bond acceptors (Lipinski definition) is 3. The van der Waals surface area contributed by atoms with Crippen LogP contribution in [0.4, 0.5) is 0 Å². The quantitative estimate of drug-likeness (QED) is 0.516. The molecule has 0 amide bonds. The molecule has 16 heavy (non-hydrogen) atoms. The fraction of sp³-hybridized carbons (Fsp3) is 0.250. The summed E-state index contributed by atoms with van der Waals surface area (Å²) < 4.78 is 5.49. The standard InChI is InChI=1S/C12H13BrO3/c1-7-4-8(2)11(13)5-9(7)10(6-14)12(15)16-3/h4-6,14H,1-3H3/b10-6+. The predicted octanol–water partition coefficient (Wildman–Crippen LogP) is 3.14. The zero-order valence-corrected chi connectivity index (χ0v) is 11.0. The molecule has 1 rings (SSSR count). The molecule has 0 aliphatic carbocycles. The average Bonchev–Trinajstić information content (AvgIpc) is 2.26. The Morgan fingerprint density at radius 3 is 2.50 bits per heavy atom. The van der Waals surface area contributed by atoms with Crippen LogP contribution in [-0.4, -0.2) is 18.2 Å². The molecule has 0 aliphatic rings. The van der Waals surface area contributed by atoms with Gasteiger partial charge in [-0.05, 0) is 36.6 Å². The molecule has 4 heteroatoms. The van der Waals surface area contributed by atoms with Crippen molar-refractivity contribution in [3.8, 4) is 0 Å².